The number of hydrogen-bond donors (Lipinski definition) is 0. The summed E-state index contributed by atoms with van der Waals surface area (Å²) in [6.45, 7) is 0.917. The number of hydrogen-bond acceptors (Lipinski definition) is 3. The van der Waals surface area contributed by atoms with E-state index in [4.69, 9.17) is 11.6 Å². The summed E-state index contributed by atoms with van der Waals surface area (Å²) in [4.78, 5) is 14.3. The van der Waals surface area contributed by atoms with Crippen molar-refractivity contribution in [2.75, 3.05) is 20.1 Å². The second-order valence-corrected chi connectivity index (χ2v) is 9.81. The molecule has 1 fully saturated rings. The fraction of sp³-hybridized carbons (Fsp3) is 0.316. The lowest BCUT2D eigenvalue weighted by molar-refractivity contribution is 0.0782. The number of benzene rings is 2. The Morgan fingerprint density at radius 1 is 1.25 bits per heavy atom. The van der Waals surface area contributed by atoms with Crippen LogP contribution >= 0.6 is 27.5 Å². The summed E-state index contributed by atoms with van der Waals surface area (Å²) >= 11 is 9.35. The number of carbonyl (C=O) groups is 1. The van der Waals surface area contributed by atoms with Crippen molar-refractivity contribution in [3.63, 3.8) is 0 Å². The van der Waals surface area contributed by atoms with Crippen LogP contribution in [0.1, 0.15) is 28.8 Å². The number of halogens is 3. The van der Waals surface area contributed by atoms with Gasteiger partial charge in [-0.25, -0.2) is 12.8 Å². The van der Waals surface area contributed by atoms with Crippen LogP contribution in [0.15, 0.2) is 45.8 Å². The molecule has 0 N–H and O–H groups in total. The zero-order valence-electron chi connectivity index (χ0n) is 15.2. The number of nitrogens with zero attached hydrogens (tertiary/aromatic N) is 2. The normalized spacial score (nSPS) is 15.0. The fourth-order valence-electron chi connectivity index (χ4n) is 3.10. The molecule has 28 heavy (non-hydrogen) atoms. The molecule has 0 spiro atoms. The van der Waals surface area contributed by atoms with E-state index in [0.29, 0.717) is 17.6 Å². The van der Waals surface area contributed by atoms with Crippen LogP contribution in [0.4, 0.5) is 4.39 Å². The molecule has 5 nitrogen and oxygen atoms in total. The first-order chi connectivity index (χ1) is 13.2. The summed E-state index contributed by atoms with van der Waals surface area (Å²) < 4.78 is 41.5. The quantitative estimate of drug-likeness (QED) is 0.629. The zero-order valence-corrected chi connectivity index (χ0v) is 18.3. The molecule has 0 aromatic heterocycles. The van der Waals surface area contributed by atoms with E-state index in [2.05, 4.69) is 15.9 Å². The van der Waals surface area contributed by atoms with Crippen molar-refractivity contribution in [3.8, 4) is 0 Å². The Bertz CT molecular complexity index is 990. The van der Waals surface area contributed by atoms with Gasteiger partial charge in [0.1, 0.15) is 5.82 Å². The van der Waals surface area contributed by atoms with Crippen LogP contribution in [0.3, 0.4) is 0 Å². The molecule has 0 aliphatic carbocycles. The molecule has 2 aromatic carbocycles. The van der Waals surface area contributed by atoms with Gasteiger partial charge in [0.15, 0.2) is 0 Å². The predicted molar refractivity (Wildman–Crippen MR) is 109 cm³/mol. The van der Waals surface area contributed by atoms with E-state index >= 15 is 0 Å². The Labute approximate surface area is 177 Å². The highest BCUT2D eigenvalue weighted by Gasteiger charge is 2.29. The topological polar surface area (TPSA) is 57.7 Å². The number of carbonyl (C=O) groups excluding carboxylic acids is 1. The maximum Gasteiger partial charge on any atom is 0.255 e. The Balaban J connectivity index is 1.89. The minimum atomic E-state index is -3.65. The van der Waals surface area contributed by atoms with E-state index in [1.165, 1.54) is 40.5 Å². The van der Waals surface area contributed by atoms with E-state index < -0.39 is 21.7 Å². The summed E-state index contributed by atoms with van der Waals surface area (Å²) in [5.41, 5.74) is 0.396. The van der Waals surface area contributed by atoms with Gasteiger partial charge in [0.25, 0.3) is 5.91 Å². The van der Waals surface area contributed by atoms with Crippen molar-refractivity contribution in [2.45, 2.75) is 24.3 Å². The molecular weight excluding hydrogens is 471 g/mol. The first kappa shape index (κ1) is 21.2. The second kappa shape index (κ2) is 8.49. The lowest BCUT2D eigenvalue weighted by atomic mass is 10.1. The van der Waals surface area contributed by atoms with Gasteiger partial charge >= 0.3 is 0 Å². The van der Waals surface area contributed by atoms with Gasteiger partial charge in [-0.2, -0.15) is 4.31 Å². The highest BCUT2D eigenvalue weighted by molar-refractivity contribution is 9.10. The fourth-order valence-corrected chi connectivity index (χ4v) is 5.29. The van der Waals surface area contributed by atoms with Crippen LogP contribution in [0, 0.1) is 5.82 Å². The maximum atomic E-state index is 14.0. The molecule has 0 bridgehead atoms. The molecule has 1 heterocycles. The van der Waals surface area contributed by atoms with Crippen molar-refractivity contribution in [1.29, 1.82) is 0 Å². The number of rotatable bonds is 5. The van der Waals surface area contributed by atoms with Crippen LogP contribution < -0.4 is 0 Å². The predicted octanol–water partition coefficient (Wildman–Crippen LogP) is 4.30. The summed E-state index contributed by atoms with van der Waals surface area (Å²) in [5, 5.41) is 0.226. The average molecular weight is 490 g/mol. The average Bonchev–Trinajstić information content (AvgIpc) is 3.20. The molecule has 150 valence electrons. The Hall–Kier alpha value is -1.48. The largest absolute Gasteiger partial charge is 0.337 e. The molecular formula is C19H19BrClFN2O3S. The first-order valence-corrected chi connectivity index (χ1v) is 11.3. The van der Waals surface area contributed by atoms with E-state index in [1.54, 1.807) is 12.1 Å². The van der Waals surface area contributed by atoms with E-state index in [9.17, 15) is 17.6 Å². The van der Waals surface area contributed by atoms with Gasteiger partial charge in [0.2, 0.25) is 10.0 Å². The zero-order chi connectivity index (χ0) is 20.5. The van der Waals surface area contributed by atoms with E-state index in [1.807, 2.05) is 0 Å². The monoisotopic (exact) mass is 488 g/mol. The third-order valence-electron chi connectivity index (χ3n) is 4.67. The van der Waals surface area contributed by atoms with Crippen LogP contribution in [0.5, 0.6) is 0 Å². The molecule has 3 rings (SSSR count). The summed E-state index contributed by atoms with van der Waals surface area (Å²) in [6, 6.07) is 8.70. The molecule has 1 amide bonds. The Morgan fingerprint density at radius 3 is 2.57 bits per heavy atom. The van der Waals surface area contributed by atoms with Gasteiger partial charge in [-0.1, -0.05) is 17.7 Å². The minimum Gasteiger partial charge on any atom is -0.337 e. The van der Waals surface area contributed by atoms with Crippen molar-refractivity contribution in [1.82, 2.24) is 9.21 Å². The summed E-state index contributed by atoms with van der Waals surface area (Å²) in [7, 11) is -2.14. The van der Waals surface area contributed by atoms with Gasteiger partial charge in [0, 0.05) is 41.7 Å². The van der Waals surface area contributed by atoms with Crippen molar-refractivity contribution < 1.29 is 17.6 Å². The molecule has 1 aliphatic heterocycles. The Morgan fingerprint density at radius 2 is 1.93 bits per heavy atom. The summed E-state index contributed by atoms with van der Waals surface area (Å²) in [6.07, 6.45) is 1.65. The molecule has 1 aliphatic rings. The molecule has 9 heteroatoms. The third kappa shape index (κ3) is 4.25. The van der Waals surface area contributed by atoms with Gasteiger partial charge in [-0.15, -0.1) is 0 Å². The first-order valence-electron chi connectivity index (χ1n) is 8.70. The third-order valence-corrected chi connectivity index (χ3v) is 7.61. The number of amides is 1. The van der Waals surface area contributed by atoms with Gasteiger partial charge in [-0.05, 0) is 59.1 Å². The van der Waals surface area contributed by atoms with Crippen molar-refractivity contribution in [3.05, 3.63) is 62.8 Å². The van der Waals surface area contributed by atoms with Crippen molar-refractivity contribution >= 4 is 43.5 Å². The van der Waals surface area contributed by atoms with Gasteiger partial charge in [0.05, 0.1) is 10.5 Å². The molecule has 0 unspecified atom stereocenters. The molecule has 0 saturated carbocycles. The molecule has 0 atom stereocenters. The van der Waals surface area contributed by atoms with Crippen LogP contribution in [-0.4, -0.2) is 43.7 Å². The molecule has 0 radical (unpaired) electrons. The highest BCUT2D eigenvalue weighted by atomic mass is 79.9. The lowest BCUT2D eigenvalue weighted by Gasteiger charge is -2.20. The van der Waals surface area contributed by atoms with Crippen LogP contribution in [-0.2, 0) is 16.6 Å². The lowest BCUT2D eigenvalue weighted by Crippen LogP contribution is -2.29. The minimum absolute atomic E-state index is 0.0418. The smallest absolute Gasteiger partial charge is 0.255 e. The SMILES string of the molecule is CN(Cc1c(F)cccc1Cl)C(=O)c1cc(S(=O)(=O)N2CCCC2)ccc1Br. The standard InChI is InChI=1S/C19H19BrClFN2O3S/c1-23(12-15-17(21)5-4-6-18(15)22)19(25)14-11-13(7-8-16(14)20)28(26,27)24-9-2-3-10-24/h4-8,11H,2-3,9-10,12H2,1H3. The molecule has 1 saturated heterocycles. The molecule has 2 aromatic rings. The van der Waals surface area contributed by atoms with E-state index in [0.717, 1.165) is 12.8 Å². The summed E-state index contributed by atoms with van der Waals surface area (Å²) in [5.74, 6) is -0.943. The maximum absolute atomic E-state index is 14.0. The van der Waals surface area contributed by atoms with Crippen molar-refractivity contribution in [2.24, 2.45) is 0 Å². The van der Waals surface area contributed by atoms with Gasteiger partial charge in [-0.3, -0.25) is 4.79 Å². The van der Waals surface area contributed by atoms with Gasteiger partial charge < -0.3 is 4.90 Å². The van der Waals surface area contributed by atoms with Crippen LogP contribution in [0.25, 0.3) is 0 Å². The number of sulfonamides is 1. The van der Waals surface area contributed by atoms with E-state index in [-0.39, 0.29) is 27.6 Å². The highest BCUT2D eigenvalue weighted by Crippen LogP contribution is 2.27. The van der Waals surface area contributed by atoms with Crippen LogP contribution in [0.2, 0.25) is 5.02 Å². The second-order valence-electron chi connectivity index (χ2n) is 6.61. The Kier molecular flexibility index (Phi) is 6.44.